The third kappa shape index (κ3) is 8.99. The summed E-state index contributed by atoms with van der Waals surface area (Å²) in [4.78, 5) is 4.03. The molecule has 2 nitrogen and oxygen atoms in total. The first-order valence-corrected chi connectivity index (χ1v) is 5.35. The van der Waals surface area contributed by atoms with Crippen molar-refractivity contribution in [2.24, 2.45) is 0 Å². The number of hydrogen-bond donors (Lipinski definition) is 1. The number of rotatable bonds is 0. The third-order valence-electron chi connectivity index (χ3n) is 1.21. The maximum Gasteiger partial charge on any atom is 0.113 e. The van der Waals surface area contributed by atoms with Gasteiger partial charge in [0, 0.05) is 6.20 Å². The Balaban J connectivity index is 0. The molecule has 0 aliphatic heterocycles. The van der Waals surface area contributed by atoms with Gasteiger partial charge in [-0.15, -0.1) is 0 Å². The second kappa shape index (κ2) is 12.7. The summed E-state index contributed by atoms with van der Waals surface area (Å²) in [5.41, 5.74) is 1.81. The number of aryl methyl sites for hydroxylation is 1. The zero-order valence-electron chi connectivity index (χ0n) is 10.3. The first-order chi connectivity index (χ1) is 7.33. The van der Waals surface area contributed by atoms with Crippen LogP contribution in [-0.2, 0) is 0 Å². The lowest BCUT2D eigenvalue weighted by Crippen LogP contribution is -1.82. The van der Waals surface area contributed by atoms with E-state index in [9.17, 15) is 0 Å². The largest absolute Gasteiger partial charge is 0.384 e. The summed E-state index contributed by atoms with van der Waals surface area (Å²) in [6.07, 6.45) is 1.75. The second-order valence-corrected chi connectivity index (χ2v) is 2.18. The van der Waals surface area contributed by atoms with Crippen LogP contribution in [0, 0.1) is 18.8 Å². The minimum absolute atomic E-state index is 0.116. The zero-order chi connectivity index (χ0) is 12.1. The highest BCUT2D eigenvalue weighted by atomic mass is 16.2. The molecule has 0 amide bonds. The molecule has 2 heteroatoms. The van der Waals surface area contributed by atoms with E-state index in [4.69, 9.17) is 5.11 Å². The van der Waals surface area contributed by atoms with Crippen molar-refractivity contribution in [1.29, 1.82) is 0 Å². The summed E-state index contributed by atoms with van der Waals surface area (Å²) in [5, 5.41) is 8.38. The van der Waals surface area contributed by atoms with Crippen molar-refractivity contribution in [2.75, 3.05) is 6.61 Å². The van der Waals surface area contributed by atoms with Gasteiger partial charge in [-0.05, 0) is 24.5 Å². The lowest BCUT2D eigenvalue weighted by Gasteiger charge is -1.89. The van der Waals surface area contributed by atoms with Gasteiger partial charge in [0.05, 0.1) is 0 Å². The smallest absolute Gasteiger partial charge is 0.113 e. The molecule has 84 valence electrons. The van der Waals surface area contributed by atoms with Gasteiger partial charge in [-0.1, -0.05) is 39.7 Å². The summed E-state index contributed by atoms with van der Waals surface area (Å²) < 4.78 is 0. The summed E-state index contributed by atoms with van der Waals surface area (Å²) >= 11 is 0. The molecule has 1 aromatic rings. The van der Waals surface area contributed by atoms with Gasteiger partial charge in [-0.2, -0.15) is 0 Å². The Morgan fingerprint density at radius 2 is 1.80 bits per heavy atom. The van der Waals surface area contributed by atoms with Crippen LogP contribution in [0.1, 0.15) is 39.0 Å². The van der Waals surface area contributed by atoms with Crippen LogP contribution in [0.3, 0.4) is 0 Å². The number of hydrogen-bond acceptors (Lipinski definition) is 2. The van der Waals surface area contributed by atoms with E-state index in [1.165, 1.54) is 0 Å². The van der Waals surface area contributed by atoms with E-state index in [-0.39, 0.29) is 6.61 Å². The first kappa shape index (κ1) is 16.1. The average Bonchev–Trinajstić information content (AvgIpc) is 2.34. The van der Waals surface area contributed by atoms with Gasteiger partial charge in [0.15, 0.2) is 0 Å². The topological polar surface area (TPSA) is 33.1 Å². The molecule has 0 saturated carbocycles. The van der Waals surface area contributed by atoms with Crippen LogP contribution in [0.2, 0.25) is 0 Å². The van der Waals surface area contributed by atoms with Crippen LogP contribution in [0.4, 0.5) is 0 Å². The van der Waals surface area contributed by atoms with Crippen LogP contribution in [-0.4, -0.2) is 16.7 Å². The Hall–Kier alpha value is -1.33. The Bertz CT molecular complexity index is 280. The minimum Gasteiger partial charge on any atom is -0.384 e. The molecule has 15 heavy (non-hydrogen) atoms. The van der Waals surface area contributed by atoms with Crippen molar-refractivity contribution in [3.63, 3.8) is 0 Å². The quantitative estimate of drug-likeness (QED) is 0.664. The van der Waals surface area contributed by atoms with Crippen LogP contribution in [0.15, 0.2) is 18.3 Å². The summed E-state index contributed by atoms with van der Waals surface area (Å²) in [6, 6.07) is 3.77. The molecule has 0 aliphatic carbocycles. The molecule has 1 heterocycles. The van der Waals surface area contributed by atoms with Crippen molar-refractivity contribution in [1.82, 2.24) is 4.98 Å². The maximum absolute atomic E-state index is 8.38. The molecule has 1 N–H and O–H groups in total. The Labute approximate surface area is 93.4 Å². The minimum atomic E-state index is -0.116. The van der Waals surface area contributed by atoms with Gasteiger partial charge in [0.25, 0.3) is 0 Å². The summed E-state index contributed by atoms with van der Waals surface area (Å²) in [6.45, 7) is 9.85. The highest BCUT2D eigenvalue weighted by Gasteiger charge is 1.85. The van der Waals surface area contributed by atoms with Gasteiger partial charge < -0.3 is 5.11 Å². The van der Waals surface area contributed by atoms with E-state index in [2.05, 4.69) is 16.8 Å². The number of nitrogens with zero attached hydrogens (tertiary/aromatic N) is 1. The molecule has 1 aromatic heterocycles. The summed E-state index contributed by atoms with van der Waals surface area (Å²) in [7, 11) is 0. The predicted molar refractivity (Wildman–Crippen MR) is 65.6 cm³/mol. The molecule has 0 fully saturated rings. The SMILES string of the molecule is CC.CC.Cc1ccc(C#CCO)nc1. The molecular weight excluding hydrogens is 186 g/mol. The Kier molecular flexibility index (Phi) is 13.6. The third-order valence-corrected chi connectivity index (χ3v) is 1.21. The standard InChI is InChI=1S/C9H9NO.2C2H6/c1-8-4-5-9(10-7-8)3-2-6-11;2*1-2/h4-5,7,11H,6H2,1H3;2*1-2H3. The second-order valence-electron chi connectivity index (χ2n) is 2.18. The summed E-state index contributed by atoms with van der Waals surface area (Å²) in [5.74, 6) is 5.24. The molecule has 0 saturated heterocycles. The molecule has 0 spiro atoms. The van der Waals surface area contributed by atoms with Gasteiger partial charge in [-0.25, -0.2) is 4.98 Å². The van der Waals surface area contributed by atoms with Crippen LogP contribution >= 0.6 is 0 Å². The van der Waals surface area contributed by atoms with Gasteiger partial charge in [0.1, 0.15) is 12.3 Å². The molecular formula is C13H21NO. The normalized spacial score (nSPS) is 7.07. The van der Waals surface area contributed by atoms with E-state index in [1.54, 1.807) is 6.20 Å². The van der Waals surface area contributed by atoms with E-state index in [0.717, 1.165) is 5.56 Å². The lowest BCUT2D eigenvalue weighted by molar-refractivity contribution is 0.350. The van der Waals surface area contributed by atoms with Gasteiger partial charge >= 0.3 is 0 Å². The fourth-order valence-corrected chi connectivity index (χ4v) is 0.672. The first-order valence-electron chi connectivity index (χ1n) is 5.35. The van der Waals surface area contributed by atoms with E-state index < -0.39 is 0 Å². The van der Waals surface area contributed by atoms with Crippen molar-refractivity contribution >= 4 is 0 Å². The molecule has 0 bridgehead atoms. The maximum atomic E-state index is 8.38. The fourth-order valence-electron chi connectivity index (χ4n) is 0.672. The predicted octanol–water partition coefficient (Wildman–Crippen LogP) is 2.79. The average molecular weight is 207 g/mol. The van der Waals surface area contributed by atoms with E-state index in [0.29, 0.717) is 5.69 Å². The highest BCUT2D eigenvalue weighted by Crippen LogP contribution is 1.95. The van der Waals surface area contributed by atoms with Crippen LogP contribution in [0.25, 0.3) is 0 Å². The highest BCUT2D eigenvalue weighted by molar-refractivity contribution is 5.28. The molecule has 0 radical (unpaired) electrons. The molecule has 0 unspecified atom stereocenters. The fraction of sp³-hybridized carbons (Fsp3) is 0.462. The Morgan fingerprint density at radius 3 is 2.20 bits per heavy atom. The molecule has 0 aromatic carbocycles. The molecule has 0 atom stereocenters. The van der Waals surface area contributed by atoms with Crippen molar-refractivity contribution in [3.05, 3.63) is 29.6 Å². The van der Waals surface area contributed by atoms with E-state index >= 15 is 0 Å². The Morgan fingerprint density at radius 1 is 1.20 bits per heavy atom. The van der Waals surface area contributed by atoms with Crippen LogP contribution < -0.4 is 0 Å². The van der Waals surface area contributed by atoms with Gasteiger partial charge in [-0.3, -0.25) is 0 Å². The molecule has 0 aliphatic rings. The number of pyridine rings is 1. The van der Waals surface area contributed by atoms with E-state index in [1.807, 2.05) is 46.8 Å². The van der Waals surface area contributed by atoms with Crippen LogP contribution in [0.5, 0.6) is 0 Å². The van der Waals surface area contributed by atoms with Crippen molar-refractivity contribution < 1.29 is 5.11 Å². The molecule has 1 rings (SSSR count). The zero-order valence-corrected chi connectivity index (χ0v) is 10.3. The monoisotopic (exact) mass is 207 g/mol. The number of aromatic nitrogens is 1. The van der Waals surface area contributed by atoms with Crippen molar-refractivity contribution in [2.45, 2.75) is 34.6 Å². The number of aliphatic hydroxyl groups excluding tert-OH is 1. The lowest BCUT2D eigenvalue weighted by atomic mass is 10.3. The number of aliphatic hydroxyl groups is 1. The van der Waals surface area contributed by atoms with Crippen molar-refractivity contribution in [3.8, 4) is 11.8 Å². The van der Waals surface area contributed by atoms with Gasteiger partial charge in [0.2, 0.25) is 0 Å².